The van der Waals surface area contributed by atoms with Crippen LogP contribution in [0.4, 0.5) is 5.69 Å². The Bertz CT molecular complexity index is 1000. The fourth-order valence-corrected chi connectivity index (χ4v) is 4.52. The van der Waals surface area contributed by atoms with Gasteiger partial charge in [0.25, 0.3) is 5.91 Å². The molecule has 1 N–H and O–H groups in total. The number of rotatable bonds is 6. The highest BCUT2D eigenvalue weighted by Crippen LogP contribution is 2.27. The number of hydrogen-bond acceptors (Lipinski definition) is 4. The number of hydrogen-bond donors (Lipinski definition) is 1. The van der Waals surface area contributed by atoms with Gasteiger partial charge in [0, 0.05) is 36.8 Å². The summed E-state index contributed by atoms with van der Waals surface area (Å²) in [5.74, 6) is 3.45. The fourth-order valence-electron chi connectivity index (χ4n) is 3.54. The van der Waals surface area contributed by atoms with E-state index in [9.17, 15) is 4.79 Å². The number of carbonyl (C=O) groups is 1. The molecule has 0 bridgehead atoms. The lowest BCUT2D eigenvalue weighted by Crippen LogP contribution is -2.32. The van der Waals surface area contributed by atoms with Gasteiger partial charge in [0.2, 0.25) is 0 Å². The minimum absolute atomic E-state index is 0.170. The van der Waals surface area contributed by atoms with E-state index >= 15 is 0 Å². The van der Waals surface area contributed by atoms with Crippen LogP contribution >= 0.6 is 11.8 Å². The summed E-state index contributed by atoms with van der Waals surface area (Å²) in [6, 6.07) is 23.0. The third-order valence-electron chi connectivity index (χ3n) is 5.29. The van der Waals surface area contributed by atoms with Crippen molar-refractivity contribution in [3.05, 3.63) is 89.5 Å². The summed E-state index contributed by atoms with van der Waals surface area (Å²) in [6.07, 6.45) is 0. The molecule has 3 aromatic carbocycles. The van der Waals surface area contributed by atoms with Crippen LogP contribution in [-0.2, 0) is 6.54 Å². The first-order chi connectivity index (χ1) is 14.7. The van der Waals surface area contributed by atoms with E-state index in [0.29, 0.717) is 17.1 Å². The molecule has 1 aliphatic heterocycles. The molecule has 4 rings (SSSR count). The second-order valence-corrected chi connectivity index (χ2v) is 8.57. The highest BCUT2D eigenvalue weighted by Gasteiger charge is 2.16. The van der Waals surface area contributed by atoms with Gasteiger partial charge in [0.1, 0.15) is 11.5 Å². The number of thioether (sulfide) groups is 1. The summed E-state index contributed by atoms with van der Waals surface area (Å²) >= 11 is 2.01. The first-order valence-electron chi connectivity index (χ1n) is 10.2. The van der Waals surface area contributed by atoms with Gasteiger partial charge in [-0.2, -0.15) is 11.8 Å². The van der Waals surface area contributed by atoms with Crippen LogP contribution in [0.3, 0.4) is 0 Å². The zero-order valence-electron chi connectivity index (χ0n) is 17.1. The smallest absolute Gasteiger partial charge is 0.259 e. The lowest BCUT2D eigenvalue weighted by atomic mass is 10.1. The molecule has 0 unspecified atom stereocenters. The molecule has 1 aliphatic rings. The first kappa shape index (κ1) is 20.5. The molecule has 1 amide bonds. The quantitative estimate of drug-likeness (QED) is 0.567. The SMILES string of the molecule is Cc1c(CN2CCSCC2)cccc1NC(=O)c1ccccc1Oc1ccccc1. The molecule has 1 fully saturated rings. The summed E-state index contributed by atoms with van der Waals surface area (Å²) in [5.41, 5.74) is 3.73. The van der Waals surface area contributed by atoms with Crippen molar-refractivity contribution < 1.29 is 9.53 Å². The number of carbonyl (C=O) groups excluding carboxylic acids is 1. The molecular weight excluding hydrogens is 392 g/mol. The van der Waals surface area contributed by atoms with Crippen LogP contribution < -0.4 is 10.1 Å². The fraction of sp³-hybridized carbons (Fsp3) is 0.240. The Kier molecular flexibility index (Phi) is 6.72. The summed E-state index contributed by atoms with van der Waals surface area (Å²) in [4.78, 5) is 15.6. The van der Waals surface area contributed by atoms with E-state index in [0.717, 1.165) is 30.9 Å². The third-order valence-corrected chi connectivity index (χ3v) is 6.24. The maximum absolute atomic E-state index is 13.1. The molecule has 0 aliphatic carbocycles. The molecule has 30 heavy (non-hydrogen) atoms. The molecule has 0 atom stereocenters. The second-order valence-electron chi connectivity index (χ2n) is 7.34. The first-order valence-corrected chi connectivity index (χ1v) is 11.4. The zero-order chi connectivity index (χ0) is 20.8. The molecular formula is C25H26N2O2S. The maximum atomic E-state index is 13.1. The van der Waals surface area contributed by atoms with E-state index in [1.54, 1.807) is 6.07 Å². The Labute approximate surface area is 182 Å². The van der Waals surface area contributed by atoms with E-state index in [1.165, 1.54) is 17.1 Å². The summed E-state index contributed by atoms with van der Waals surface area (Å²) in [7, 11) is 0. The van der Waals surface area contributed by atoms with E-state index in [2.05, 4.69) is 23.2 Å². The Balaban J connectivity index is 1.51. The van der Waals surface area contributed by atoms with Crippen LogP contribution in [0.1, 0.15) is 21.5 Å². The minimum Gasteiger partial charge on any atom is -0.457 e. The Morgan fingerprint density at radius 2 is 1.70 bits per heavy atom. The molecule has 4 nitrogen and oxygen atoms in total. The van der Waals surface area contributed by atoms with Crippen molar-refractivity contribution >= 4 is 23.4 Å². The molecule has 1 heterocycles. The molecule has 0 saturated carbocycles. The number of nitrogens with zero attached hydrogens (tertiary/aromatic N) is 1. The number of para-hydroxylation sites is 2. The van der Waals surface area contributed by atoms with Crippen LogP contribution in [0.15, 0.2) is 72.8 Å². The Morgan fingerprint density at radius 1 is 0.967 bits per heavy atom. The van der Waals surface area contributed by atoms with Gasteiger partial charge in [-0.1, -0.05) is 42.5 Å². The van der Waals surface area contributed by atoms with Crippen molar-refractivity contribution in [2.75, 3.05) is 29.9 Å². The van der Waals surface area contributed by atoms with Gasteiger partial charge >= 0.3 is 0 Å². The lowest BCUT2D eigenvalue weighted by molar-refractivity contribution is 0.102. The van der Waals surface area contributed by atoms with Gasteiger partial charge in [-0.3, -0.25) is 9.69 Å². The van der Waals surface area contributed by atoms with Crippen LogP contribution in [-0.4, -0.2) is 35.4 Å². The van der Waals surface area contributed by atoms with Crippen LogP contribution in [0.2, 0.25) is 0 Å². The topological polar surface area (TPSA) is 41.6 Å². The van der Waals surface area contributed by atoms with Crippen LogP contribution in [0.25, 0.3) is 0 Å². The van der Waals surface area contributed by atoms with E-state index < -0.39 is 0 Å². The van der Waals surface area contributed by atoms with Gasteiger partial charge in [0.05, 0.1) is 5.56 Å². The standard InChI is InChI=1S/C25H26N2O2S/c1-19-20(18-27-14-16-30-17-15-27)8-7-12-23(19)26-25(28)22-11-5-6-13-24(22)29-21-9-3-2-4-10-21/h2-13H,14-18H2,1H3,(H,26,28). The number of benzene rings is 3. The van der Waals surface area contributed by atoms with E-state index in [1.807, 2.05) is 72.4 Å². The highest BCUT2D eigenvalue weighted by molar-refractivity contribution is 7.99. The average Bonchev–Trinajstić information content (AvgIpc) is 2.78. The van der Waals surface area contributed by atoms with E-state index in [-0.39, 0.29) is 5.91 Å². The van der Waals surface area contributed by atoms with Crippen molar-refractivity contribution in [2.24, 2.45) is 0 Å². The summed E-state index contributed by atoms with van der Waals surface area (Å²) in [6.45, 7) is 5.23. The van der Waals surface area contributed by atoms with E-state index in [4.69, 9.17) is 4.74 Å². The molecule has 154 valence electrons. The second kappa shape index (κ2) is 9.83. The van der Waals surface area contributed by atoms with Crippen molar-refractivity contribution in [2.45, 2.75) is 13.5 Å². The number of nitrogens with one attached hydrogen (secondary N) is 1. The van der Waals surface area contributed by atoms with Gasteiger partial charge in [0.15, 0.2) is 0 Å². The minimum atomic E-state index is -0.170. The summed E-state index contributed by atoms with van der Waals surface area (Å²) in [5, 5.41) is 3.09. The predicted molar refractivity (Wildman–Crippen MR) is 125 cm³/mol. The summed E-state index contributed by atoms with van der Waals surface area (Å²) < 4.78 is 5.95. The predicted octanol–water partition coefficient (Wildman–Crippen LogP) is 5.59. The van der Waals surface area contributed by atoms with Crippen LogP contribution in [0, 0.1) is 6.92 Å². The van der Waals surface area contributed by atoms with Crippen molar-refractivity contribution in [1.29, 1.82) is 0 Å². The molecule has 0 spiro atoms. The average molecular weight is 419 g/mol. The van der Waals surface area contributed by atoms with Gasteiger partial charge in [-0.05, 0) is 48.4 Å². The van der Waals surface area contributed by atoms with Gasteiger partial charge in [-0.25, -0.2) is 0 Å². The normalized spacial score (nSPS) is 14.3. The number of amides is 1. The Hall–Kier alpha value is -2.76. The third kappa shape index (κ3) is 5.04. The maximum Gasteiger partial charge on any atom is 0.259 e. The van der Waals surface area contributed by atoms with Crippen LogP contribution in [0.5, 0.6) is 11.5 Å². The molecule has 3 aromatic rings. The molecule has 0 aromatic heterocycles. The van der Waals surface area contributed by atoms with Gasteiger partial charge in [-0.15, -0.1) is 0 Å². The monoisotopic (exact) mass is 418 g/mol. The lowest BCUT2D eigenvalue weighted by Gasteiger charge is -2.27. The Morgan fingerprint density at radius 3 is 2.50 bits per heavy atom. The molecule has 1 saturated heterocycles. The van der Waals surface area contributed by atoms with Crippen molar-refractivity contribution in [1.82, 2.24) is 4.90 Å². The van der Waals surface area contributed by atoms with Gasteiger partial charge < -0.3 is 10.1 Å². The zero-order valence-corrected chi connectivity index (χ0v) is 18.0. The molecule has 0 radical (unpaired) electrons. The highest BCUT2D eigenvalue weighted by atomic mass is 32.2. The molecule has 5 heteroatoms. The number of ether oxygens (including phenoxy) is 1. The largest absolute Gasteiger partial charge is 0.457 e. The van der Waals surface area contributed by atoms with Crippen molar-refractivity contribution in [3.63, 3.8) is 0 Å². The number of anilines is 1. The van der Waals surface area contributed by atoms with Crippen molar-refractivity contribution in [3.8, 4) is 11.5 Å².